The molecule has 0 radical (unpaired) electrons. The highest BCUT2D eigenvalue weighted by Crippen LogP contribution is 2.35. The van der Waals surface area contributed by atoms with E-state index in [4.69, 9.17) is 10.5 Å². The SMILES string of the molecule is COc1ccccc1-c1nc(Br)n2c1CC(N)CC2. The fraction of sp³-hybridized carbons (Fsp3) is 0.357. The fourth-order valence-electron chi connectivity index (χ4n) is 2.59. The number of nitrogens with two attached hydrogens (primary N) is 1. The zero-order valence-electron chi connectivity index (χ0n) is 10.8. The van der Waals surface area contributed by atoms with Crippen LogP contribution >= 0.6 is 15.9 Å². The molecule has 0 spiro atoms. The normalized spacial score (nSPS) is 18.2. The van der Waals surface area contributed by atoms with Crippen molar-refractivity contribution in [3.63, 3.8) is 0 Å². The minimum atomic E-state index is 0.213. The summed E-state index contributed by atoms with van der Waals surface area (Å²) in [5.74, 6) is 0.843. The lowest BCUT2D eigenvalue weighted by molar-refractivity contribution is 0.416. The molecule has 1 aromatic carbocycles. The first-order valence-electron chi connectivity index (χ1n) is 6.34. The smallest absolute Gasteiger partial charge is 0.177 e. The number of benzene rings is 1. The molecule has 1 aromatic heterocycles. The third kappa shape index (κ3) is 2.17. The third-order valence-corrected chi connectivity index (χ3v) is 4.17. The number of methoxy groups -OCH3 is 1. The van der Waals surface area contributed by atoms with Crippen molar-refractivity contribution >= 4 is 15.9 Å². The molecule has 3 rings (SSSR count). The van der Waals surface area contributed by atoms with Crippen molar-refractivity contribution < 1.29 is 4.74 Å². The molecule has 5 heteroatoms. The van der Waals surface area contributed by atoms with Gasteiger partial charge in [0.2, 0.25) is 0 Å². The number of rotatable bonds is 2. The lowest BCUT2D eigenvalue weighted by Gasteiger charge is -2.22. The molecule has 0 saturated heterocycles. The zero-order valence-corrected chi connectivity index (χ0v) is 12.4. The van der Waals surface area contributed by atoms with Crippen molar-refractivity contribution in [3.05, 3.63) is 34.7 Å². The van der Waals surface area contributed by atoms with Crippen LogP contribution in [0.1, 0.15) is 12.1 Å². The molecule has 0 bridgehead atoms. The van der Waals surface area contributed by atoms with Crippen molar-refractivity contribution in [2.24, 2.45) is 5.73 Å². The summed E-state index contributed by atoms with van der Waals surface area (Å²) in [7, 11) is 1.68. The van der Waals surface area contributed by atoms with E-state index in [0.717, 1.165) is 41.1 Å². The Morgan fingerprint density at radius 3 is 3.00 bits per heavy atom. The fourth-order valence-corrected chi connectivity index (χ4v) is 3.16. The summed E-state index contributed by atoms with van der Waals surface area (Å²) >= 11 is 3.54. The first kappa shape index (κ1) is 12.7. The van der Waals surface area contributed by atoms with E-state index in [9.17, 15) is 0 Å². The molecule has 4 nitrogen and oxygen atoms in total. The minimum absolute atomic E-state index is 0.213. The van der Waals surface area contributed by atoms with Gasteiger partial charge in [0.25, 0.3) is 0 Å². The first-order chi connectivity index (χ1) is 9.20. The van der Waals surface area contributed by atoms with E-state index in [2.05, 4.69) is 25.5 Å². The second kappa shape index (κ2) is 4.98. The van der Waals surface area contributed by atoms with Crippen LogP contribution in [0.4, 0.5) is 0 Å². The van der Waals surface area contributed by atoms with Crippen molar-refractivity contribution in [1.29, 1.82) is 0 Å². The van der Waals surface area contributed by atoms with Crippen molar-refractivity contribution in [2.45, 2.75) is 25.4 Å². The Labute approximate surface area is 120 Å². The molecule has 19 heavy (non-hydrogen) atoms. The van der Waals surface area contributed by atoms with Crippen LogP contribution in [-0.4, -0.2) is 22.7 Å². The van der Waals surface area contributed by atoms with Gasteiger partial charge in [-0.2, -0.15) is 0 Å². The molecule has 0 amide bonds. The molecular weight excluding hydrogens is 306 g/mol. The van der Waals surface area contributed by atoms with Crippen molar-refractivity contribution in [3.8, 4) is 17.0 Å². The molecule has 0 aliphatic carbocycles. The Morgan fingerprint density at radius 2 is 2.21 bits per heavy atom. The number of fused-ring (bicyclic) bond motifs is 1. The lowest BCUT2D eigenvalue weighted by atomic mass is 10.00. The average molecular weight is 322 g/mol. The van der Waals surface area contributed by atoms with E-state index in [0.29, 0.717) is 0 Å². The second-order valence-corrected chi connectivity index (χ2v) is 5.49. The van der Waals surface area contributed by atoms with Gasteiger partial charge in [0.05, 0.1) is 12.8 Å². The molecule has 100 valence electrons. The molecule has 0 saturated carbocycles. The maximum atomic E-state index is 6.09. The van der Waals surface area contributed by atoms with Gasteiger partial charge in [-0.15, -0.1) is 0 Å². The number of ether oxygens (including phenoxy) is 1. The van der Waals surface area contributed by atoms with Gasteiger partial charge in [-0.05, 0) is 34.5 Å². The number of hydrogen-bond acceptors (Lipinski definition) is 3. The van der Waals surface area contributed by atoms with Gasteiger partial charge in [0.1, 0.15) is 5.75 Å². The second-order valence-electron chi connectivity index (χ2n) is 4.78. The Morgan fingerprint density at radius 1 is 1.42 bits per heavy atom. The summed E-state index contributed by atoms with van der Waals surface area (Å²) in [6.45, 7) is 0.916. The Hall–Kier alpha value is -1.33. The highest BCUT2D eigenvalue weighted by molar-refractivity contribution is 9.10. The molecule has 1 aliphatic heterocycles. The van der Waals surface area contributed by atoms with Crippen LogP contribution < -0.4 is 10.5 Å². The Balaban J connectivity index is 2.16. The number of aromatic nitrogens is 2. The van der Waals surface area contributed by atoms with Gasteiger partial charge < -0.3 is 15.0 Å². The zero-order chi connectivity index (χ0) is 13.4. The number of halogens is 1. The van der Waals surface area contributed by atoms with E-state index >= 15 is 0 Å². The van der Waals surface area contributed by atoms with Gasteiger partial charge in [-0.25, -0.2) is 4.98 Å². The topological polar surface area (TPSA) is 53.1 Å². The van der Waals surface area contributed by atoms with E-state index in [1.807, 2.05) is 24.3 Å². The van der Waals surface area contributed by atoms with Crippen LogP contribution in [0.2, 0.25) is 0 Å². The summed E-state index contributed by atoms with van der Waals surface area (Å²) in [6, 6.07) is 8.17. The number of imidazole rings is 1. The van der Waals surface area contributed by atoms with Crippen LogP contribution in [0.5, 0.6) is 5.75 Å². The molecular formula is C14H16BrN3O. The molecule has 1 unspecified atom stereocenters. The maximum absolute atomic E-state index is 6.09. The largest absolute Gasteiger partial charge is 0.496 e. The maximum Gasteiger partial charge on any atom is 0.177 e. The van der Waals surface area contributed by atoms with E-state index in [1.165, 1.54) is 5.69 Å². The highest BCUT2D eigenvalue weighted by atomic mass is 79.9. The highest BCUT2D eigenvalue weighted by Gasteiger charge is 2.24. The number of nitrogens with zero attached hydrogens (tertiary/aromatic N) is 2. The predicted octanol–water partition coefficient (Wildman–Crippen LogP) is 2.59. The average Bonchev–Trinajstić information content (AvgIpc) is 2.75. The summed E-state index contributed by atoms with van der Waals surface area (Å²) in [5.41, 5.74) is 9.27. The van der Waals surface area contributed by atoms with Gasteiger partial charge >= 0.3 is 0 Å². The predicted molar refractivity (Wildman–Crippen MR) is 78.2 cm³/mol. The van der Waals surface area contributed by atoms with E-state index < -0.39 is 0 Å². The summed E-state index contributed by atoms with van der Waals surface area (Å²) in [6.07, 6.45) is 1.85. The van der Waals surface area contributed by atoms with Crippen LogP contribution in [0, 0.1) is 0 Å². The van der Waals surface area contributed by atoms with Crippen molar-refractivity contribution in [1.82, 2.24) is 9.55 Å². The molecule has 2 N–H and O–H groups in total. The number of hydrogen-bond donors (Lipinski definition) is 1. The third-order valence-electron chi connectivity index (χ3n) is 3.57. The van der Waals surface area contributed by atoms with Gasteiger partial charge in [-0.1, -0.05) is 12.1 Å². The first-order valence-corrected chi connectivity index (χ1v) is 7.14. The van der Waals surface area contributed by atoms with Crippen molar-refractivity contribution in [2.75, 3.05) is 7.11 Å². The summed E-state index contributed by atoms with van der Waals surface area (Å²) in [5, 5.41) is 0. The molecule has 1 aliphatic rings. The summed E-state index contributed by atoms with van der Waals surface area (Å²) < 4.78 is 8.50. The monoisotopic (exact) mass is 321 g/mol. The van der Waals surface area contributed by atoms with Crippen LogP contribution in [0.15, 0.2) is 29.0 Å². The Bertz CT molecular complexity index is 609. The quantitative estimate of drug-likeness (QED) is 0.925. The minimum Gasteiger partial charge on any atom is -0.496 e. The number of para-hydroxylation sites is 1. The molecule has 1 atom stereocenters. The van der Waals surface area contributed by atoms with Gasteiger partial charge in [-0.3, -0.25) is 0 Å². The molecule has 0 fully saturated rings. The standard InChI is InChI=1S/C14H16BrN3O/c1-19-12-5-3-2-4-10(12)13-11-8-9(16)6-7-18(11)14(15)17-13/h2-5,9H,6-8,16H2,1H3. The Kier molecular flexibility index (Phi) is 3.33. The van der Waals surface area contributed by atoms with E-state index in [-0.39, 0.29) is 6.04 Å². The lowest BCUT2D eigenvalue weighted by Crippen LogP contribution is -2.30. The van der Waals surface area contributed by atoms with Crippen LogP contribution in [0.25, 0.3) is 11.3 Å². The van der Waals surface area contributed by atoms with Gasteiger partial charge in [0.15, 0.2) is 4.73 Å². The van der Waals surface area contributed by atoms with Gasteiger partial charge in [0, 0.05) is 30.3 Å². The van der Waals surface area contributed by atoms with E-state index in [1.54, 1.807) is 7.11 Å². The van der Waals surface area contributed by atoms with Crippen LogP contribution in [-0.2, 0) is 13.0 Å². The molecule has 2 heterocycles. The molecule has 2 aromatic rings. The summed E-state index contributed by atoms with van der Waals surface area (Å²) in [4.78, 5) is 4.65. The van der Waals surface area contributed by atoms with Crippen LogP contribution in [0.3, 0.4) is 0 Å².